The molecule has 3 rings (SSSR count). The Hall–Kier alpha value is -2.05. The molecule has 0 N–H and O–H groups in total. The van der Waals surface area contributed by atoms with E-state index in [-0.39, 0.29) is 30.1 Å². The fraction of sp³-hybridized carbons (Fsp3) is 0.529. The minimum Gasteiger partial charge on any atom is -0.336 e. The van der Waals surface area contributed by atoms with Crippen LogP contribution in [0.3, 0.4) is 0 Å². The summed E-state index contributed by atoms with van der Waals surface area (Å²) >= 11 is 0. The fourth-order valence-corrected chi connectivity index (χ4v) is 3.58. The van der Waals surface area contributed by atoms with E-state index in [9.17, 15) is 18.0 Å². The van der Waals surface area contributed by atoms with Crippen molar-refractivity contribution in [2.24, 2.45) is 0 Å². The van der Waals surface area contributed by atoms with Gasteiger partial charge in [-0.2, -0.15) is 13.2 Å². The largest absolute Gasteiger partial charge is 0.449 e. The van der Waals surface area contributed by atoms with Gasteiger partial charge in [-0.3, -0.25) is 4.79 Å². The van der Waals surface area contributed by atoms with E-state index in [0.717, 1.165) is 23.8 Å². The molecule has 130 valence electrons. The number of amides is 1. The summed E-state index contributed by atoms with van der Waals surface area (Å²) in [7, 11) is 0. The van der Waals surface area contributed by atoms with Crippen LogP contribution >= 0.6 is 0 Å². The molecule has 1 aromatic carbocycles. The van der Waals surface area contributed by atoms with Crippen LogP contribution in [0.1, 0.15) is 38.9 Å². The van der Waals surface area contributed by atoms with Crippen LogP contribution in [0, 0.1) is 0 Å². The van der Waals surface area contributed by atoms with Gasteiger partial charge in [-0.05, 0) is 45.2 Å². The Morgan fingerprint density at radius 1 is 1.21 bits per heavy atom. The molecule has 2 aromatic rings. The number of carbonyl (C=O) groups excluding carboxylic acids is 1. The van der Waals surface area contributed by atoms with E-state index in [0.29, 0.717) is 5.52 Å². The number of piperidine rings is 1. The van der Waals surface area contributed by atoms with Crippen molar-refractivity contribution in [2.75, 3.05) is 0 Å². The molecule has 1 saturated heterocycles. The van der Waals surface area contributed by atoms with Gasteiger partial charge in [-0.25, -0.2) is 4.98 Å². The zero-order chi connectivity index (χ0) is 17.5. The molecule has 0 bridgehead atoms. The molecule has 0 aliphatic carbocycles. The van der Waals surface area contributed by atoms with Crippen molar-refractivity contribution in [1.82, 2.24) is 14.5 Å². The first-order chi connectivity index (χ1) is 11.3. The van der Waals surface area contributed by atoms with Crippen molar-refractivity contribution >= 4 is 16.9 Å². The number of aromatic nitrogens is 2. The van der Waals surface area contributed by atoms with Crippen LogP contribution in [0.15, 0.2) is 24.3 Å². The monoisotopic (exact) mass is 339 g/mol. The average Bonchev–Trinajstić information content (AvgIpc) is 2.86. The molecule has 2 heterocycles. The lowest BCUT2D eigenvalue weighted by molar-refractivity contribution is -0.148. The highest BCUT2D eigenvalue weighted by Crippen LogP contribution is 2.32. The number of para-hydroxylation sites is 2. The second kappa shape index (κ2) is 6.11. The molecule has 7 heteroatoms. The smallest absolute Gasteiger partial charge is 0.336 e. The number of fused-ring (bicyclic) bond motifs is 1. The first kappa shape index (κ1) is 16.8. The third-order valence-electron chi connectivity index (χ3n) is 4.68. The number of alkyl halides is 3. The zero-order valence-electron chi connectivity index (χ0n) is 13.7. The number of benzene rings is 1. The van der Waals surface area contributed by atoms with Gasteiger partial charge in [-0.15, -0.1) is 0 Å². The Balaban J connectivity index is 1.98. The maximum Gasteiger partial charge on any atom is 0.449 e. The van der Waals surface area contributed by atoms with Crippen molar-refractivity contribution in [3.8, 4) is 0 Å². The summed E-state index contributed by atoms with van der Waals surface area (Å²) in [5.74, 6) is -1.31. The summed E-state index contributed by atoms with van der Waals surface area (Å²) in [5.41, 5.74) is 0.577. The lowest BCUT2D eigenvalue weighted by Gasteiger charge is -2.39. The van der Waals surface area contributed by atoms with Gasteiger partial charge in [0, 0.05) is 12.1 Å². The zero-order valence-corrected chi connectivity index (χ0v) is 13.7. The van der Waals surface area contributed by atoms with E-state index in [2.05, 4.69) is 4.98 Å². The topological polar surface area (TPSA) is 38.1 Å². The first-order valence-electron chi connectivity index (χ1n) is 8.12. The summed E-state index contributed by atoms with van der Waals surface area (Å²) in [4.78, 5) is 18.1. The van der Waals surface area contributed by atoms with Crippen LogP contribution in [-0.4, -0.2) is 32.4 Å². The highest BCUT2D eigenvalue weighted by molar-refractivity contribution is 5.81. The number of halogens is 3. The van der Waals surface area contributed by atoms with Crippen molar-refractivity contribution in [2.45, 2.75) is 57.9 Å². The molecule has 0 saturated carbocycles. The van der Waals surface area contributed by atoms with Crippen LogP contribution in [0.2, 0.25) is 0 Å². The van der Waals surface area contributed by atoms with Gasteiger partial charge in [0.2, 0.25) is 11.7 Å². The molecule has 1 amide bonds. The maximum atomic E-state index is 13.3. The number of rotatable bonds is 2. The molecule has 24 heavy (non-hydrogen) atoms. The molecule has 0 radical (unpaired) electrons. The highest BCUT2D eigenvalue weighted by atomic mass is 19.4. The van der Waals surface area contributed by atoms with E-state index >= 15 is 0 Å². The van der Waals surface area contributed by atoms with Gasteiger partial charge in [-0.1, -0.05) is 12.1 Å². The third kappa shape index (κ3) is 2.99. The van der Waals surface area contributed by atoms with Crippen LogP contribution in [0.5, 0.6) is 0 Å². The quantitative estimate of drug-likeness (QED) is 0.834. The van der Waals surface area contributed by atoms with Crippen LogP contribution in [0.4, 0.5) is 13.2 Å². The Morgan fingerprint density at radius 3 is 2.46 bits per heavy atom. The Morgan fingerprint density at radius 2 is 1.83 bits per heavy atom. The van der Waals surface area contributed by atoms with Gasteiger partial charge >= 0.3 is 6.18 Å². The Labute approximate surface area is 138 Å². The number of imidazole rings is 1. The number of nitrogens with zero attached hydrogens (tertiary/aromatic N) is 3. The normalized spacial score (nSPS) is 22.1. The predicted molar refractivity (Wildman–Crippen MR) is 84.4 cm³/mol. The summed E-state index contributed by atoms with van der Waals surface area (Å²) in [5, 5.41) is 0. The molecular formula is C17H20F3N3O. The molecule has 1 aliphatic heterocycles. The minimum absolute atomic E-state index is 0.0466. The molecule has 0 spiro atoms. The van der Waals surface area contributed by atoms with E-state index in [1.165, 1.54) is 6.07 Å². The van der Waals surface area contributed by atoms with Crippen molar-refractivity contribution in [3.63, 3.8) is 0 Å². The summed E-state index contributed by atoms with van der Waals surface area (Å²) in [6.45, 7) is 3.55. The van der Waals surface area contributed by atoms with E-state index in [1.54, 1.807) is 23.1 Å². The fourth-order valence-electron chi connectivity index (χ4n) is 3.58. The lowest BCUT2D eigenvalue weighted by Crippen LogP contribution is -2.48. The van der Waals surface area contributed by atoms with Gasteiger partial charge in [0.15, 0.2) is 0 Å². The van der Waals surface area contributed by atoms with Gasteiger partial charge in [0.25, 0.3) is 0 Å². The highest BCUT2D eigenvalue weighted by Gasteiger charge is 2.39. The third-order valence-corrected chi connectivity index (χ3v) is 4.68. The van der Waals surface area contributed by atoms with E-state index < -0.39 is 12.0 Å². The van der Waals surface area contributed by atoms with E-state index in [4.69, 9.17) is 0 Å². The Kier molecular flexibility index (Phi) is 4.27. The van der Waals surface area contributed by atoms with Gasteiger partial charge in [0.05, 0.1) is 11.0 Å². The predicted octanol–water partition coefficient (Wildman–Crippen LogP) is 3.84. The standard InChI is InChI=1S/C17H20F3N3O/c1-11-6-5-7-12(2)23(11)15(24)10-22-14-9-4-3-8-13(14)21-16(22)17(18,19)20/h3-4,8-9,11-12H,5-7,10H2,1-2H3/t11-,12-/m1/s1. The van der Waals surface area contributed by atoms with Gasteiger partial charge in [0.1, 0.15) is 6.54 Å². The summed E-state index contributed by atoms with van der Waals surface area (Å²) < 4.78 is 41.0. The first-order valence-corrected chi connectivity index (χ1v) is 8.12. The van der Waals surface area contributed by atoms with Crippen LogP contribution < -0.4 is 0 Å². The average molecular weight is 339 g/mol. The molecule has 2 atom stereocenters. The maximum absolute atomic E-state index is 13.3. The van der Waals surface area contributed by atoms with Crippen LogP contribution in [-0.2, 0) is 17.5 Å². The van der Waals surface area contributed by atoms with E-state index in [1.807, 2.05) is 13.8 Å². The summed E-state index contributed by atoms with van der Waals surface area (Å²) in [6, 6.07) is 6.47. The number of hydrogen-bond acceptors (Lipinski definition) is 2. The number of carbonyl (C=O) groups is 1. The van der Waals surface area contributed by atoms with Crippen molar-refractivity contribution < 1.29 is 18.0 Å². The number of likely N-dealkylation sites (tertiary alicyclic amines) is 1. The Bertz CT molecular complexity index is 743. The number of hydrogen-bond donors (Lipinski definition) is 0. The van der Waals surface area contributed by atoms with Crippen LogP contribution in [0.25, 0.3) is 11.0 Å². The second-order valence-corrected chi connectivity index (χ2v) is 6.44. The van der Waals surface area contributed by atoms with Crippen molar-refractivity contribution in [3.05, 3.63) is 30.1 Å². The minimum atomic E-state index is -4.60. The molecule has 1 aromatic heterocycles. The second-order valence-electron chi connectivity index (χ2n) is 6.44. The summed E-state index contributed by atoms with van der Waals surface area (Å²) in [6.07, 6.45) is -1.80. The molecule has 1 aliphatic rings. The lowest BCUT2D eigenvalue weighted by atomic mass is 9.97. The van der Waals surface area contributed by atoms with Crippen molar-refractivity contribution in [1.29, 1.82) is 0 Å². The van der Waals surface area contributed by atoms with Gasteiger partial charge < -0.3 is 9.47 Å². The SMILES string of the molecule is C[C@@H]1CCC[C@@H](C)N1C(=O)Cn1c(C(F)(F)F)nc2ccccc21. The molecule has 0 unspecified atom stereocenters. The molecular weight excluding hydrogens is 319 g/mol. The molecule has 1 fully saturated rings. The molecule has 4 nitrogen and oxygen atoms in total.